The van der Waals surface area contributed by atoms with Gasteiger partial charge in [0.25, 0.3) is 0 Å². The first-order valence-electron chi connectivity index (χ1n) is 22.0. The van der Waals surface area contributed by atoms with E-state index in [4.69, 9.17) is 20.9 Å². The Kier molecular flexibility index (Phi) is 6.61. The number of phenolic OH excluding ortho intramolecular Hbond substituents is 1. The van der Waals surface area contributed by atoms with Crippen molar-refractivity contribution in [2.75, 3.05) is 0 Å². The fraction of sp³-hybridized carbons (Fsp3) is 0.0588. The Morgan fingerprint density at radius 1 is 0.564 bits per heavy atom. The van der Waals surface area contributed by atoms with Crippen molar-refractivity contribution in [2.45, 2.75) is 20.7 Å². The second-order valence-electron chi connectivity index (χ2n) is 13.6. The van der Waals surface area contributed by atoms with E-state index < -0.39 is 25.0 Å². The lowest BCUT2D eigenvalue weighted by atomic mass is 9.93. The van der Waals surface area contributed by atoms with Crippen LogP contribution >= 0.6 is 0 Å². The molecule has 1 N–H and O–H groups in total. The van der Waals surface area contributed by atoms with Gasteiger partial charge in [0.1, 0.15) is 11.6 Å². The van der Waals surface area contributed by atoms with E-state index in [0.29, 0.717) is 56.1 Å². The Balaban J connectivity index is 1.30. The van der Waals surface area contributed by atoms with E-state index in [1.165, 1.54) is 0 Å². The highest BCUT2D eigenvalue weighted by atomic mass is 16.3. The maximum Gasteiger partial charge on any atom is 0.149 e. The van der Waals surface area contributed by atoms with Gasteiger partial charge in [-0.05, 0) is 131 Å². The maximum absolute atomic E-state index is 11.6. The first-order chi connectivity index (χ1) is 30.2. The van der Waals surface area contributed by atoms with Gasteiger partial charge in [0.2, 0.25) is 0 Å². The molecular weight excluding hydrogens is 671 g/mol. The summed E-state index contributed by atoms with van der Waals surface area (Å²) in [5.41, 5.74) is 10.6. The van der Waals surface area contributed by atoms with Crippen LogP contribution in [0.4, 0.5) is 0 Å². The second-order valence-corrected chi connectivity index (χ2v) is 13.6. The first kappa shape index (κ1) is 25.9. The standard InChI is InChI=1S/C51H39N3O/c1-33-26-35(3)50(55)46(27-33)51-53-49-45(20-13-21-48(49)54(51)43-22-23-44(34(2)28-43)38-18-11-6-12-19-38)41-29-40(37-16-9-5-10-17-37)30-42(31-41)47-32-39(24-25-52-47)36-14-7-4-8-15-36/h4-32,55H,1-3H3/i2D3,4D,7D,8D,14D,15D. The molecule has 0 bridgehead atoms. The van der Waals surface area contributed by atoms with Crippen LogP contribution in [0.15, 0.2) is 176 Å². The summed E-state index contributed by atoms with van der Waals surface area (Å²) in [6.45, 7) is 1.34. The van der Waals surface area contributed by atoms with Gasteiger partial charge in [0, 0.05) is 27.1 Å². The van der Waals surface area contributed by atoms with Gasteiger partial charge in [-0.2, -0.15) is 0 Å². The lowest BCUT2D eigenvalue weighted by Gasteiger charge is -2.15. The highest BCUT2D eigenvalue weighted by molar-refractivity contribution is 5.98. The quantitative estimate of drug-likeness (QED) is 0.179. The summed E-state index contributed by atoms with van der Waals surface area (Å²) in [5, 5.41) is 11.6. The molecular formula is C51H39N3O. The van der Waals surface area contributed by atoms with E-state index >= 15 is 0 Å². The molecule has 55 heavy (non-hydrogen) atoms. The van der Waals surface area contributed by atoms with Crippen molar-refractivity contribution in [2.24, 2.45) is 0 Å². The number of para-hydroxylation sites is 1. The smallest absolute Gasteiger partial charge is 0.149 e. The number of phenols is 1. The first-order valence-corrected chi connectivity index (χ1v) is 18.0. The number of fused-ring (bicyclic) bond motifs is 1. The highest BCUT2D eigenvalue weighted by Crippen LogP contribution is 2.41. The van der Waals surface area contributed by atoms with E-state index in [2.05, 4.69) is 6.07 Å². The lowest BCUT2D eigenvalue weighted by molar-refractivity contribution is 0.472. The monoisotopic (exact) mass is 717 g/mol. The number of imidazole rings is 1. The van der Waals surface area contributed by atoms with E-state index in [0.717, 1.165) is 33.4 Å². The van der Waals surface area contributed by atoms with Crippen LogP contribution in [0.1, 0.15) is 27.7 Å². The number of rotatable bonds is 7. The number of nitrogens with zero attached hydrogens (tertiary/aromatic N) is 3. The molecule has 9 rings (SSSR count). The van der Waals surface area contributed by atoms with Crippen molar-refractivity contribution >= 4 is 11.0 Å². The largest absolute Gasteiger partial charge is 0.507 e. The zero-order chi connectivity index (χ0) is 44.3. The van der Waals surface area contributed by atoms with Crippen molar-refractivity contribution in [1.82, 2.24) is 14.5 Å². The molecule has 264 valence electrons. The summed E-state index contributed by atoms with van der Waals surface area (Å²) in [4.78, 5) is 10.0. The molecule has 2 aromatic heterocycles. The molecule has 0 aliphatic rings. The van der Waals surface area contributed by atoms with Gasteiger partial charge in [0.05, 0.1) is 29.1 Å². The predicted molar refractivity (Wildman–Crippen MR) is 227 cm³/mol. The van der Waals surface area contributed by atoms with Crippen molar-refractivity contribution in [3.8, 4) is 78.6 Å². The topological polar surface area (TPSA) is 50.9 Å². The van der Waals surface area contributed by atoms with Crippen molar-refractivity contribution in [1.29, 1.82) is 0 Å². The molecule has 4 nitrogen and oxygen atoms in total. The minimum absolute atomic E-state index is 0.0640. The number of pyridine rings is 1. The third kappa shape index (κ3) is 6.38. The molecule has 0 radical (unpaired) electrons. The summed E-state index contributed by atoms with van der Waals surface area (Å²) >= 11 is 0. The van der Waals surface area contributed by atoms with Crippen LogP contribution in [0.25, 0.3) is 83.9 Å². The Labute approximate surface area is 332 Å². The number of hydrogen-bond donors (Lipinski definition) is 1. The summed E-state index contributed by atoms with van der Waals surface area (Å²) in [6, 6.07) is 41.9. The summed E-state index contributed by atoms with van der Waals surface area (Å²) < 4.78 is 69.7. The fourth-order valence-electron chi connectivity index (χ4n) is 7.31. The van der Waals surface area contributed by atoms with Crippen LogP contribution in [0, 0.1) is 20.7 Å². The predicted octanol–water partition coefficient (Wildman–Crippen LogP) is 13.1. The molecule has 2 heterocycles. The van der Waals surface area contributed by atoms with Gasteiger partial charge < -0.3 is 5.11 Å². The number of aromatic hydroxyl groups is 1. The lowest BCUT2D eigenvalue weighted by Crippen LogP contribution is -2.00. The Bertz CT molecular complexity index is 3230. The van der Waals surface area contributed by atoms with Crippen LogP contribution in [-0.2, 0) is 0 Å². The second kappa shape index (κ2) is 14.1. The minimum Gasteiger partial charge on any atom is -0.507 e. The molecule has 7 aromatic carbocycles. The average Bonchev–Trinajstić information content (AvgIpc) is 3.69. The summed E-state index contributed by atoms with van der Waals surface area (Å²) in [6.07, 6.45) is 1.57. The van der Waals surface area contributed by atoms with Crippen LogP contribution in [-0.4, -0.2) is 19.6 Å². The van der Waals surface area contributed by atoms with Crippen molar-refractivity contribution in [3.05, 3.63) is 193 Å². The van der Waals surface area contributed by atoms with Crippen molar-refractivity contribution in [3.63, 3.8) is 0 Å². The third-order valence-electron chi connectivity index (χ3n) is 9.91. The Morgan fingerprint density at radius 3 is 2.09 bits per heavy atom. The van der Waals surface area contributed by atoms with E-state index in [9.17, 15) is 5.11 Å². The number of benzene rings is 7. The van der Waals surface area contributed by atoms with Crippen molar-refractivity contribution < 1.29 is 16.1 Å². The zero-order valence-corrected chi connectivity index (χ0v) is 30.1. The van der Waals surface area contributed by atoms with Crippen LogP contribution in [0.5, 0.6) is 5.75 Å². The SMILES string of the molecule is [2H]c1c([2H])c([2H])c(-c2ccnc(-c3cc(-c4ccccc4)cc(-c4cccc5c4nc(-c4cc(C)cc(C)c4O)n5-c4ccc(-c5ccccc5)c(C([2H])([2H])[2H])c4)c3)c2)c([2H])c1[2H]. The molecule has 4 heteroatoms. The minimum atomic E-state index is -2.45. The maximum atomic E-state index is 11.6. The molecule has 0 spiro atoms. The van der Waals surface area contributed by atoms with E-state index in [1.54, 1.807) is 24.4 Å². The Morgan fingerprint density at radius 2 is 1.31 bits per heavy atom. The molecule has 0 fully saturated rings. The molecule has 0 atom stereocenters. The number of aryl methyl sites for hydroxylation is 3. The Hall–Kier alpha value is -7.04. The van der Waals surface area contributed by atoms with Gasteiger partial charge in [-0.25, -0.2) is 4.98 Å². The normalized spacial score (nSPS) is 13.6. The van der Waals surface area contributed by atoms with Gasteiger partial charge in [-0.3, -0.25) is 9.55 Å². The number of aromatic nitrogens is 3. The third-order valence-corrected chi connectivity index (χ3v) is 9.91. The molecule has 9 aromatic rings. The molecule has 0 saturated heterocycles. The molecule has 0 unspecified atom stereocenters. The van der Waals surface area contributed by atoms with Crippen LogP contribution in [0.3, 0.4) is 0 Å². The average molecular weight is 718 g/mol. The molecule has 0 aliphatic carbocycles. The fourth-order valence-corrected chi connectivity index (χ4v) is 7.31. The molecule has 0 amide bonds. The van der Waals surface area contributed by atoms with Gasteiger partial charge in [0.15, 0.2) is 0 Å². The van der Waals surface area contributed by atoms with Crippen LogP contribution < -0.4 is 0 Å². The molecule has 0 aliphatic heterocycles. The van der Waals surface area contributed by atoms with Gasteiger partial charge in [-0.15, -0.1) is 0 Å². The number of hydrogen-bond acceptors (Lipinski definition) is 3. The van der Waals surface area contributed by atoms with Crippen LogP contribution in [0.2, 0.25) is 0 Å². The molecule has 0 saturated carbocycles. The van der Waals surface area contributed by atoms with Gasteiger partial charge >= 0.3 is 0 Å². The van der Waals surface area contributed by atoms with E-state index in [1.807, 2.05) is 134 Å². The zero-order valence-electron chi connectivity index (χ0n) is 38.1. The van der Waals surface area contributed by atoms with Gasteiger partial charge in [-0.1, -0.05) is 115 Å². The van der Waals surface area contributed by atoms with E-state index in [-0.39, 0.29) is 29.0 Å². The summed E-state index contributed by atoms with van der Waals surface area (Å²) in [5.74, 6) is 0.493. The summed E-state index contributed by atoms with van der Waals surface area (Å²) in [7, 11) is 0. The highest BCUT2D eigenvalue weighted by Gasteiger charge is 2.22.